The Hall–Kier alpha value is -6.40. The molecule has 63 heavy (non-hydrogen) atoms. The van der Waals surface area contributed by atoms with E-state index in [2.05, 4.69) is 50.5 Å². The van der Waals surface area contributed by atoms with Gasteiger partial charge in [0.25, 0.3) is 5.91 Å². The SMILES string of the molecule is COc1ccc(C(OC[C@H]2O[C@@H](n3cnc4c(NC(=O)c5ccccc5)nc(NCCNC(=O)OCC[Si](C)(C)C)nc43)[C@H](O)[C@@H]2F)(c2ccccc2)c2ccc(OC)cc2)cc1. The molecule has 1 saturated heterocycles. The number of methoxy groups -OCH3 is 2. The Bertz CT molecular complexity index is 2410. The molecule has 0 bridgehead atoms. The van der Waals surface area contributed by atoms with Crippen molar-refractivity contribution in [2.24, 2.45) is 0 Å². The van der Waals surface area contributed by atoms with Gasteiger partial charge in [-0.2, -0.15) is 9.97 Å². The molecule has 0 radical (unpaired) electrons. The molecule has 4 atom stereocenters. The van der Waals surface area contributed by atoms with Crippen molar-refractivity contribution in [3.05, 3.63) is 138 Å². The van der Waals surface area contributed by atoms with Gasteiger partial charge in [-0.15, -0.1) is 0 Å². The van der Waals surface area contributed by atoms with E-state index in [9.17, 15) is 14.7 Å². The molecule has 1 fully saturated rings. The quantitative estimate of drug-likeness (QED) is 0.0389. The van der Waals surface area contributed by atoms with E-state index in [1.165, 1.54) is 10.9 Å². The molecule has 2 amide bonds. The first kappa shape index (κ1) is 44.6. The average molecular weight is 878 g/mol. The highest BCUT2D eigenvalue weighted by atomic mass is 28.3. The van der Waals surface area contributed by atoms with Gasteiger partial charge in [0.2, 0.25) is 5.95 Å². The zero-order valence-electron chi connectivity index (χ0n) is 35.8. The van der Waals surface area contributed by atoms with Crippen molar-refractivity contribution in [3.63, 3.8) is 0 Å². The normalized spacial score (nSPS) is 17.6. The second-order valence-electron chi connectivity index (χ2n) is 16.2. The van der Waals surface area contributed by atoms with E-state index >= 15 is 4.39 Å². The fourth-order valence-electron chi connectivity index (χ4n) is 7.23. The summed E-state index contributed by atoms with van der Waals surface area (Å²) in [5.41, 5.74) is 1.66. The molecule has 0 spiro atoms. The highest BCUT2D eigenvalue weighted by Gasteiger charge is 2.48. The predicted molar refractivity (Wildman–Crippen MR) is 239 cm³/mol. The van der Waals surface area contributed by atoms with E-state index in [1.807, 2.05) is 78.9 Å². The Morgan fingerprint density at radius 3 is 2.05 bits per heavy atom. The number of alkyl halides is 1. The number of anilines is 2. The standard InChI is InChI=1S/C46H52FN7O8Si/c1-58-34-20-16-32(17-21-34)46(31-14-10-7-11-15-31,33-18-22-35(59-2)23-19-33)61-28-36-37(47)39(55)43(62-36)54-29-50-38-40(51-42(56)30-12-8-6-9-13-30)52-44(53-41(38)54)48-24-25-49-45(57)60-26-27-63(3,4)5/h6-23,29,36-37,39,43,55H,24-28H2,1-5H3,(H,49,57)(H2,48,51,52,53,56)/t36-,37-,39-,43-/m1/s1. The Kier molecular flexibility index (Phi) is 14.0. The largest absolute Gasteiger partial charge is 0.497 e. The molecule has 7 rings (SSSR count). The van der Waals surface area contributed by atoms with Crippen LogP contribution in [0.3, 0.4) is 0 Å². The van der Waals surface area contributed by atoms with Crippen LogP contribution < -0.4 is 25.4 Å². The zero-order valence-corrected chi connectivity index (χ0v) is 36.8. The Labute approximate surface area is 365 Å². The summed E-state index contributed by atoms with van der Waals surface area (Å²) in [5.74, 6) is 0.965. The van der Waals surface area contributed by atoms with Crippen molar-refractivity contribution < 1.29 is 42.8 Å². The molecule has 6 aromatic rings. The third-order valence-corrected chi connectivity index (χ3v) is 12.4. The maximum atomic E-state index is 16.5. The topological polar surface area (TPSA) is 180 Å². The number of hydrogen-bond donors (Lipinski definition) is 4. The predicted octanol–water partition coefficient (Wildman–Crippen LogP) is 7.18. The van der Waals surface area contributed by atoms with Gasteiger partial charge in [-0.1, -0.05) is 92.4 Å². The number of hydrogen-bond acceptors (Lipinski definition) is 12. The number of benzene rings is 4. The minimum Gasteiger partial charge on any atom is -0.497 e. The molecule has 17 heteroatoms. The number of imidazole rings is 1. The van der Waals surface area contributed by atoms with Gasteiger partial charge in [0, 0.05) is 26.7 Å². The molecule has 1 aliphatic heterocycles. The number of aliphatic hydroxyl groups is 1. The lowest BCUT2D eigenvalue weighted by Gasteiger charge is -2.37. The van der Waals surface area contributed by atoms with Gasteiger partial charge in [0.1, 0.15) is 29.3 Å². The van der Waals surface area contributed by atoms with Gasteiger partial charge in [0.15, 0.2) is 29.4 Å². The van der Waals surface area contributed by atoms with Crippen molar-refractivity contribution in [1.29, 1.82) is 0 Å². The maximum Gasteiger partial charge on any atom is 0.407 e. The molecule has 4 aromatic carbocycles. The van der Waals surface area contributed by atoms with Crippen LogP contribution in [0.1, 0.15) is 33.3 Å². The summed E-state index contributed by atoms with van der Waals surface area (Å²) in [6.45, 7) is 7.01. The number of rotatable bonds is 18. The molecule has 0 aliphatic carbocycles. The number of nitrogens with one attached hydrogen (secondary N) is 3. The number of alkyl carbamates (subject to hydrolysis) is 1. The van der Waals surface area contributed by atoms with Crippen molar-refractivity contribution in [1.82, 2.24) is 24.8 Å². The van der Waals surface area contributed by atoms with Gasteiger partial charge in [-0.05, 0) is 59.1 Å². The minimum absolute atomic E-state index is 0.0598. The van der Waals surface area contributed by atoms with E-state index in [-0.39, 0.29) is 42.6 Å². The highest BCUT2D eigenvalue weighted by Crippen LogP contribution is 2.43. The van der Waals surface area contributed by atoms with E-state index in [0.29, 0.717) is 23.7 Å². The van der Waals surface area contributed by atoms with E-state index in [1.54, 1.807) is 44.6 Å². The summed E-state index contributed by atoms with van der Waals surface area (Å²) in [7, 11) is 1.80. The van der Waals surface area contributed by atoms with Gasteiger partial charge in [0.05, 0.1) is 33.8 Å². The molecule has 15 nitrogen and oxygen atoms in total. The molecular weight excluding hydrogens is 826 g/mol. The van der Waals surface area contributed by atoms with Crippen molar-refractivity contribution in [2.45, 2.75) is 55.9 Å². The van der Waals surface area contributed by atoms with Crippen LogP contribution in [0, 0.1) is 0 Å². The fourth-order valence-corrected chi connectivity index (χ4v) is 7.95. The molecule has 330 valence electrons. The van der Waals surface area contributed by atoms with Crippen LogP contribution in [0.15, 0.2) is 116 Å². The third kappa shape index (κ3) is 10.3. The van der Waals surface area contributed by atoms with E-state index < -0.39 is 50.3 Å². The summed E-state index contributed by atoms with van der Waals surface area (Å²) in [6, 6.07) is 33.9. The van der Waals surface area contributed by atoms with E-state index in [4.69, 9.17) is 23.7 Å². The van der Waals surface area contributed by atoms with Crippen LogP contribution in [-0.2, 0) is 19.8 Å². The first-order chi connectivity index (χ1) is 30.4. The first-order valence-corrected chi connectivity index (χ1v) is 24.3. The van der Waals surface area contributed by atoms with Crippen molar-refractivity contribution in [3.8, 4) is 11.5 Å². The van der Waals surface area contributed by atoms with Crippen LogP contribution in [-0.4, -0.2) is 104 Å². The summed E-state index contributed by atoms with van der Waals surface area (Å²) in [5, 5.41) is 20.1. The van der Waals surface area contributed by atoms with Crippen molar-refractivity contribution in [2.75, 3.05) is 51.2 Å². The summed E-state index contributed by atoms with van der Waals surface area (Å²) >= 11 is 0. The average Bonchev–Trinajstić information content (AvgIpc) is 3.85. The number of carbonyl (C=O) groups is 2. The Balaban J connectivity index is 1.16. The second-order valence-corrected chi connectivity index (χ2v) is 21.8. The summed E-state index contributed by atoms with van der Waals surface area (Å²) < 4.78 is 47.4. The van der Waals surface area contributed by atoms with E-state index in [0.717, 1.165) is 22.7 Å². The van der Waals surface area contributed by atoms with Crippen LogP contribution in [0.5, 0.6) is 11.5 Å². The molecule has 2 aromatic heterocycles. The van der Waals surface area contributed by atoms with Crippen molar-refractivity contribution >= 4 is 43.0 Å². The van der Waals surface area contributed by atoms with Gasteiger partial charge < -0.3 is 44.7 Å². The number of aliphatic hydroxyl groups excluding tert-OH is 1. The zero-order chi connectivity index (χ0) is 44.6. The Morgan fingerprint density at radius 2 is 1.44 bits per heavy atom. The van der Waals surface area contributed by atoms with Crippen LogP contribution in [0.2, 0.25) is 25.7 Å². The number of nitrogens with zero attached hydrogens (tertiary/aromatic N) is 4. The maximum absolute atomic E-state index is 16.5. The molecule has 4 N–H and O–H groups in total. The monoisotopic (exact) mass is 877 g/mol. The highest BCUT2D eigenvalue weighted by molar-refractivity contribution is 6.76. The number of ether oxygens (including phenoxy) is 5. The molecule has 0 saturated carbocycles. The van der Waals surface area contributed by atoms with Crippen LogP contribution >= 0.6 is 0 Å². The number of aromatic nitrogens is 4. The van der Waals surface area contributed by atoms with Crippen LogP contribution in [0.25, 0.3) is 11.2 Å². The smallest absolute Gasteiger partial charge is 0.407 e. The molecule has 1 aliphatic rings. The lowest BCUT2D eigenvalue weighted by atomic mass is 9.80. The van der Waals surface area contributed by atoms with Gasteiger partial charge in [-0.25, -0.2) is 14.2 Å². The number of carbonyl (C=O) groups excluding carboxylic acids is 2. The molecule has 3 heterocycles. The van der Waals surface area contributed by atoms with Gasteiger partial charge in [-0.3, -0.25) is 9.36 Å². The number of fused-ring (bicyclic) bond motifs is 1. The number of halogens is 1. The van der Waals surface area contributed by atoms with Crippen LogP contribution in [0.4, 0.5) is 21.0 Å². The lowest BCUT2D eigenvalue weighted by molar-refractivity contribution is -0.0893. The number of amides is 2. The summed E-state index contributed by atoms with van der Waals surface area (Å²) in [4.78, 5) is 39.3. The Morgan fingerprint density at radius 1 is 0.841 bits per heavy atom. The first-order valence-electron chi connectivity index (χ1n) is 20.6. The molecular formula is C46H52FN7O8Si. The second kappa shape index (κ2) is 19.8. The summed E-state index contributed by atoms with van der Waals surface area (Å²) in [6.07, 6.45) is -5.32. The fraction of sp³-hybridized carbons (Fsp3) is 0.326. The van der Waals surface area contributed by atoms with Gasteiger partial charge >= 0.3 is 6.09 Å². The lowest BCUT2D eigenvalue weighted by Crippen LogP contribution is -2.38. The minimum atomic E-state index is -1.90. The third-order valence-electron chi connectivity index (χ3n) is 10.7. The molecule has 0 unspecified atom stereocenters.